The summed E-state index contributed by atoms with van der Waals surface area (Å²) in [5.41, 5.74) is 0.897. The predicted molar refractivity (Wildman–Crippen MR) is 106 cm³/mol. The Bertz CT molecular complexity index is 656. The number of likely N-dealkylation sites (tertiary alicyclic amines) is 1. The molecule has 27 heavy (non-hydrogen) atoms. The predicted octanol–water partition coefficient (Wildman–Crippen LogP) is 3.96. The van der Waals surface area contributed by atoms with Crippen molar-refractivity contribution in [2.75, 3.05) is 13.7 Å². The van der Waals surface area contributed by atoms with Crippen molar-refractivity contribution in [2.24, 2.45) is 0 Å². The average Bonchev–Trinajstić information content (AvgIpc) is 3.02. The highest BCUT2D eigenvalue weighted by Crippen LogP contribution is 2.39. The number of ether oxygens (including phenoxy) is 2. The number of carbonyl (C=O) groups excluding carboxylic acids is 2. The summed E-state index contributed by atoms with van der Waals surface area (Å²) in [5.74, 6) is -0.437. The molecule has 2 atom stereocenters. The fraction of sp³-hybridized carbons (Fsp3) is 0.600. The van der Waals surface area contributed by atoms with Gasteiger partial charge in [-0.05, 0) is 23.7 Å². The van der Waals surface area contributed by atoms with Crippen LogP contribution in [0.15, 0.2) is 30.3 Å². The average molecular weight is 394 g/mol. The van der Waals surface area contributed by atoms with E-state index >= 15 is 0 Å². The highest BCUT2D eigenvalue weighted by Gasteiger charge is 2.46. The molecule has 0 N–H and O–H groups in total. The van der Waals surface area contributed by atoms with Crippen molar-refractivity contribution in [2.45, 2.75) is 64.1 Å². The summed E-state index contributed by atoms with van der Waals surface area (Å²) < 4.78 is 16.7. The van der Waals surface area contributed by atoms with Gasteiger partial charge in [-0.2, -0.15) is 0 Å². The van der Waals surface area contributed by atoms with Crippen LogP contribution in [0.1, 0.15) is 32.8 Å². The monoisotopic (exact) mass is 393 g/mol. The Balaban J connectivity index is 2.06. The van der Waals surface area contributed by atoms with Gasteiger partial charge in [-0.3, -0.25) is 4.90 Å². The summed E-state index contributed by atoms with van der Waals surface area (Å²) in [7, 11) is -0.680. The molecule has 0 spiro atoms. The fourth-order valence-electron chi connectivity index (χ4n) is 2.84. The van der Waals surface area contributed by atoms with Crippen LogP contribution in [0.5, 0.6) is 0 Å². The van der Waals surface area contributed by atoms with Gasteiger partial charge < -0.3 is 13.9 Å². The number of benzene rings is 1. The first-order valence-corrected chi connectivity index (χ1v) is 12.2. The summed E-state index contributed by atoms with van der Waals surface area (Å²) >= 11 is 0. The number of carbonyl (C=O) groups is 2. The first kappa shape index (κ1) is 21.4. The van der Waals surface area contributed by atoms with Gasteiger partial charge in [0.1, 0.15) is 12.6 Å². The van der Waals surface area contributed by atoms with Gasteiger partial charge in [-0.1, -0.05) is 51.1 Å². The van der Waals surface area contributed by atoms with Crippen LogP contribution in [0, 0.1) is 0 Å². The van der Waals surface area contributed by atoms with Crippen LogP contribution >= 0.6 is 0 Å². The zero-order valence-corrected chi connectivity index (χ0v) is 18.2. The van der Waals surface area contributed by atoms with E-state index in [1.165, 1.54) is 12.0 Å². The van der Waals surface area contributed by atoms with Crippen LogP contribution in [0.4, 0.5) is 4.79 Å². The molecule has 7 heteroatoms. The van der Waals surface area contributed by atoms with Crippen molar-refractivity contribution in [1.29, 1.82) is 0 Å². The summed E-state index contributed by atoms with van der Waals surface area (Å²) in [6.45, 7) is 11.3. The molecule has 0 radical (unpaired) electrons. The maximum atomic E-state index is 12.6. The number of nitrogens with zero attached hydrogens (tertiary/aromatic N) is 1. The van der Waals surface area contributed by atoms with Crippen LogP contribution in [-0.4, -0.2) is 51.1 Å². The summed E-state index contributed by atoms with van der Waals surface area (Å²) in [5, 5.41) is 0.0506. The molecule has 1 heterocycles. The van der Waals surface area contributed by atoms with E-state index in [0.717, 1.165) is 5.56 Å². The Morgan fingerprint density at radius 1 is 1.19 bits per heavy atom. The quantitative estimate of drug-likeness (QED) is 0.560. The third kappa shape index (κ3) is 5.32. The Kier molecular flexibility index (Phi) is 6.70. The molecule has 0 aliphatic carbocycles. The van der Waals surface area contributed by atoms with Gasteiger partial charge in [0.05, 0.1) is 13.2 Å². The Hall–Kier alpha value is -1.86. The van der Waals surface area contributed by atoms with E-state index in [-0.39, 0.29) is 17.7 Å². The lowest BCUT2D eigenvalue weighted by Gasteiger charge is -2.38. The van der Waals surface area contributed by atoms with Crippen molar-refractivity contribution in [1.82, 2.24) is 4.90 Å². The number of rotatable bonds is 5. The summed E-state index contributed by atoms with van der Waals surface area (Å²) in [4.78, 5) is 26.2. The molecule has 1 aliphatic heterocycles. The maximum absolute atomic E-state index is 12.6. The molecule has 150 valence electrons. The standard InChI is InChI=1S/C20H31NO5Si/c1-20(2,3)27(5,6)26-16-12-17(18(22)24-4)21(13-16)19(23)25-14-15-10-8-7-9-11-15/h7-11,16-17H,12-14H2,1-6H3/t16-,17-/m1/s1. The molecule has 1 amide bonds. The van der Waals surface area contributed by atoms with E-state index < -0.39 is 26.4 Å². The molecule has 1 aromatic carbocycles. The minimum Gasteiger partial charge on any atom is -0.467 e. The van der Waals surface area contributed by atoms with E-state index in [2.05, 4.69) is 33.9 Å². The highest BCUT2D eigenvalue weighted by atomic mass is 28.4. The summed E-state index contributed by atoms with van der Waals surface area (Å²) in [6, 6.07) is 8.78. The molecular formula is C20H31NO5Si. The van der Waals surface area contributed by atoms with Gasteiger partial charge in [0, 0.05) is 13.0 Å². The maximum Gasteiger partial charge on any atom is 0.410 e. The first-order chi connectivity index (χ1) is 12.5. The number of methoxy groups -OCH3 is 1. The van der Waals surface area contributed by atoms with Gasteiger partial charge in [0.2, 0.25) is 0 Å². The highest BCUT2D eigenvalue weighted by molar-refractivity contribution is 6.74. The van der Waals surface area contributed by atoms with E-state index in [0.29, 0.717) is 13.0 Å². The molecule has 1 aromatic rings. The number of hydrogen-bond acceptors (Lipinski definition) is 5. The third-order valence-electron chi connectivity index (χ3n) is 5.44. The molecule has 1 saturated heterocycles. The Labute approximate surface area is 162 Å². The molecular weight excluding hydrogens is 362 g/mol. The Morgan fingerprint density at radius 3 is 2.37 bits per heavy atom. The second-order valence-corrected chi connectivity index (χ2v) is 13.2. The van der Waals surface area contributed by atoms with Crippen molar-refractivity contribution in [3.63, 3.8) is 0 Å². The van der Waals surface area contributed by atoms with Gasteiger partial charge in [0.25, 0.3) is 0 Å². The van der Waals surface area contributed by atoms with Gasteiger partial charge in [-0.15, -0.1) is 0 Å². The number of hydrogen-bond donors (Lipinski definition) is 0. The van der Waals surface area contributed by atoms with Gasteiger partial charge >= 0.3 is 12.1 Å². The lowest BCUT2D eigenvalue weighted by molar-refractivity contribution is -0.145. The van der Waals surface area contributed by atoms with Crippen molar-refractivity contribution >= 4 is 20.4 Å². The molecule has 2 rings (SSSR count). The van der Waals surface area contributed by atoms with Gasteiger partial charge in [0.15, 0.2) is 8.32 Å². The molecule has 1 aliphatic rings. The second-order valence-electron chi connectivity index (χ2n) is 8.47. The molecule has 0 bridgehead atoms. The van der Waals surface area contributed by atoms with Crippen LogP contribution in [0.2, 0.25) is 18.1 Å². The fourth-order valence-corrected chi connectivity index (χ4v) is 4.20. The normalized spacial score (nSPS) is 20.4. The second kappa shape index (κ2) is 8.44. The van der Waals surface area contributed by atoms with Crippen LogP contribution in [-0.2, 0) is 25.3 Å². The van der Waals surface area contributed by atoms with Gasteiger partial charge in [-0.25, -0.2) is 9.59 Å². The van der Waals surface area contributed by atoms with E-state index in [1.54, 1.807) is 0 Å². The molecule has 1 fully saturated rings. The SMILES string of the molecule is COC(=O)[C@H]1C[C@@H](O[Si](C)(C)C(C)(C)C)CN1C(=O)OCc1ccccc1. The smallest absolute Gasteiger partial charge is 0.410 e. The zero-order chi connectivity index (χ0) is 20.2. The largest absolute Gasteiger partial charge is 0.467 e. The lowest BCUT2D eigenvalue weighted by atomic mass is 10.2. The molecule has 0 unspecified atom stereocenters. The van der Waals surface area contributed by atoms with Crippen molar-refractivity contribution in [3.05, 3.63) is 35.9 Å². The molecule has 6 nitrogen and oxygen atoms in total. The third-order valence-corrected chi connectivity index (χ3v) is 9.98. The lowest BCUT2D eigenvalue weighted by Crippen LogP contribution is -2.45. The van der Waals surface area contributed by atoms with Crippen LogP contribution < -0.4 is 0 Å². The summed E-state index contributed by atoms with van der Waals surface area (Å²) in [6.07, 6.45) is -0.283. The molecule has 0 saturated carbocycles. The Morgan fingerprint density at radius 2 is 1.81 bits per heavy atom. The van der Waals surface area contributed by atoms with E-state index in [9.17, 15) is 9.59 Å². The minimum atomic E-state index is -2.01. The first-order valence-electron chi connectivity index (χ1n) is 9.28. The van der Waals surface area contributed by atoms with E-state index in [1.807, 2.05) is 30.3 Å². The van der Waals surface area contributed by atoms with Crippen LogP contribution in [0.3, 0.4) is 0 Å². The number of amides is 1. The van der Waals surface area contributed by atoms with Crippen LogP contribution in [0.25, 0.3) is 0 Å². The molecule has 0 aromatic heterocycles. The number of esters is 1. The topological polar surface area (TPSA) is 65.1 Å². The minimum absolute atomic E-state index is 0.0506. The van der Waals surface area contributed by atoms with Crippen molar-refractivity contribution < 1.29 is 23.5 Å². The van der Waals surface area contributed by atoms with E-state index in [4.69, 9.17) is 13.9 Å². The van der Waals surface area contributed by atoms with Crippen molar-refractivity contribution in [3.8, 4) is 0 Å². The zero-order valence-electron chi connectivity index (χ0n) is 17.2.